The lowest BCUT2D eigenvalue weighted by atomic mass is 9.99. The summed E-state index contributed by atoms with van der Waals surface area (Å²) in [6, 6.07) is 16.7. The van der Waals surface area contributed by atoms with Gasteiger partial charge >= 0.3 is 0 Å². The molecule has 0 spiro atoms. The summed E-state index contributed by atoms with van der Waals surface area (Å²) in [5.74, 6) is 0.928. The summed E-state index contributed by atoms with van der Waals surface area (Å²) in [6.07, 6.45) is 1.57. The summed E-state index contributed by atoms with van der Waals surface area (Å²) in [5.41, 5.74) is 3.53. The van der Waals surface area contributed by atoms with Crippen LogP contribution in [0.4, 0.5) is 0 Å². The molecule has 0 amide bonds. The number of hydrogen-bond donors (Lipinski definition) is 1. The van der Waals surface area contributed by atoms with Crippen molar-refractivity contribution in [3.05, 3.63) is 54.1 Å². The van der Waals surface area contributed by atoms with Gasteiger partial charge in [0.15, 0.2) is 0 Å². The van der Waals surface area contributed by atoms with Crippen LogP contribution in [0.1, 0.15) is 25.8 Å². The lowest BCUT2D eigenvalue weighted by Crippen LogP contribution is -2.16. The van der Waals surface area contributed by atoms with E-state index in [1.165, 1.54) is 11.1 Å². The molecule has 0 unspecified atom stereocenters. The second kappa shape index (κ2) is 7.62. The third-order valence-corrected chi connectivity index (χ3v) is 4.05. The molecular formula is C20H25NO2. The molecule has 3 nitrogen and oxygen atoms in total. The first-order chi connectivity index (χ1) is 11.2. The van der Waals surface area contributed by atoms with Crippen molar-refractivity contribution in [3.63, 3.8) is 0 Å². The molecule has 1 aliphatic rings. The molecule has 3 rings (SSSR count). The lowest BCUT2D eigenvalue weighted by Gasteiger charge is -2.17. The topological polar surface area (TPSA) is 30.5 Å². The van der Waals surface area contributed by atoms with Crippen molar-refractivity contribution in [2.45, 2.75) is 39.1 Å². The Morgan fingerprint density at radius 2 is 1.78 bits per heavy atom. The molecule has 2 aromatic carbocycles. The largest absolute Gasteiger partial charge is 0.490 e. The zero-order valence-corrected chi connectivity index (χ0v) is 13.9. The number of hydrogen-bond acceptors (Lipinski definition) is 3. The van der Waals surface area contributed by atoms with Gasteiger partial charge in [0.25, 0.3) is 0 Å². The predicted octanol–water partition coefficient (Wildman–Crippen LogP) is 4.02. The molecule has 1 atom stereocenters. The van der Waals surface area contributed by atoms with Crippen LogP contribution in [-0.4, -0.2) is 25.3 Å². The molecule has 1 heterocycles. The molecule has 1 N–H and O–H groups in total. The van der Waals surface area contributed by atoms with E-state index in [4.69, 9.17) is 9.47 Å². The Balaban J connectivity index is 1.85. The molecule has 1 saturated heterocycles. The Morgan fingerprint density at radius 3 is 2.52 bits per heavy atom. The third kappa shape index (κ3) is 4.12. The molecule has 1 aliphatic heterocycles. The van der Waals surface area contributed by atoms with Crippen molar-refractivity contribution in [1.82, 2.24) is 5.32 Å². The van der Waals surface area contributed by atoms with Gasteiger partial charge in [-0.05, 0) is 44.0 Å². The van der Waals surface area contributed by atoms with Crippen LogP contribution < -0.4 is 10.1 Å². The van der Waals surface area contributed by atoms with Crippen LogP contribution >= 0.6 is 0 Å². The van der Waals surface area contributed by atoms with Crippen molar-refractivity contribution in [3.8, 4) is 16.9 Å². The minimum Gasteiger partial charge on any atom is -0.490 e. The first-order valence-corrected chi connectivity index (χ1v) is 8.40. The summed E-state index contributed by atoms with van der Waals surface area (Å²) in [7, 11) is 0. The van der Waals surface area contributed by atoms with Crippen LogP contribution in [0.5, 0.6) is 5.75 Å². The molecule has 0 radical (unpaired) electrons. The Labute approximate surface area is 138 Å². The number of ether oxygens (including phenoxy) is 2. The third-order valence-electron chi connectivity index (χ3n) is 4.05. The monoisotopic (exact) mass is 311 g/mol. The summed E-state index contributed by atoms with van der Waals surface area (Å²) in [6.45, 7) is 6.75. The van der Waals surface area contributed by atoms with Gasteiger partial charge in [-0.3, -0.25) is 0 Å². The van der Waals surface area contributed by atoms with Crippen molar-refractivity contribution in [2.75, 3.05) is 13.1 Å². The molecular weight excluding hydrogens is 286 g/mol. The highest BCUT2D eigenvalue weighted by Crippen LogP contribution is 2.33. The highest BCUT2D eigenvalue weighted by molar-refractivity contribution is 5.73. The van der Waals surface area contributed by atoms with Gasteiger partial charge in [-0.25, -0.2) is 0 Å². The predicted molar refractivity (Wildman–Crippen MR) is 93.7 cm³/mol. The lowest BCUT2D eigenvalue weighted by molar-refractivity contribution is 0.0545. The Hall–Kier alpha value is -1.84. The maximum atomic E-state index is 6.07. The Kier molecular flexibility index (Phi) is 5.31. The van der Waals surface area contributed by atoms with Gasteiger partial charge in [0.2, 0.25) is 0 Å². The van der Waals surface area contributed by atoms with E-state index in [2.05, 4.69) is 55.6 Å². The fraction of sp³-hybridized carbons (Fsp3) is 0.400. The van der Waals surface area contributed by atoms with Crippen LogP contribution in [-0.2, 0) is 11.3 Å². The molecule has 23 heavy (non-hydrogen) atoms. The fourth-order valence-corrected chi connectivity index (χ4v) is 2.93. The van der Waals surface area contributed by atoms with Crippen molar-refractivity contribution in [1.29, 1.82) is 0 Å². The van der Waals surface area contributed by atoms with Gasteiger partial charge in [0, 0.05) is 12.1 Å². The van der Waals surface area contributed by atoms with Crippen molar-refractivity contribution in [2.24, 2.45) is 0 Å². The van der Waals surface area contributed by atoms with Gasteiger partial charge < -0.3 is 14.8 Å². The number of nitrogens with one attached hydrogen (secondary N) is 1. The summed E-state index contributed by atoms with van der Waals surface area (Å²) in [5, 5.41) is 3.34. The van der Waals surface area contributed by atoms with E-state index in [9.17, 15) is 0 Å². The van der Waals surface area contributed by atoms with Crippen LogP contribution in [0.15, 0.2) is 48.5 Å². The minimum absolute atomic E-state index is 0.157. The highest BCUT2D eigenvalue weighted by Gasteiger charge is 2.16. The van der Waals surface area contributed by atoms with Crippen molar-refractivity contribution >= 4 is 0 Å². The molecule has 1 fully saturated rings. The first-order valence-electron chi connectivity index (χ1n) is 8.40. The quantitative estimate of drug-likeness (QED) is 0.874. The van der Waals surface area contributed by atoms with E-state index < -0.39 is 0 Å². The van der Waals surface area contributed by atoms with Gasteiger partial charge in [0.05, 0.1) is 18.8 Å². The van der Waals surface area contributed by atoms with Crippen LogP contribution in [0, 0.1) is 0 Å². The average molecular weight is 311 g/mol. The van der Waals surface area contributed by atoms with E-state index in [1.54, 1.807) is 0 Å². The summed E-state index contributed by atoms with van der Waals surface area (Å²) in [4.78, 5) is 0. The van der Waals surface area contributed by atoms with Crippen molar-refractivity contribution < 1.29 is 9.47 Å². The fourth-order valence-electron chi connectivity index (χ4n) is 2.93. The average Bonchev–Trinajstić information content (AvgIpc) is 3.07. The summed E-state index contributed by atoms with van der Waals surface area (Å²) >= 11 is 0. The maximum absolute atomic E-state index is 6.07. The second-order valence-corrected chi connectivity index (χ2v) is 6.25. The molecule has 3 heteroatoms. The van der Waals surface area contributed by atoms with Crippen LogP contribution in [0.25, 0.3) is 11.1 Å². The first kappa shape index (κ1) is 16.0. The molecule has 122 valence electrons. The number of rotatable bonds is 6. The van der Waals surface area contributed by atoms with Gasteiger partial charge in [-0.2, -0.15) is 0 Å². The number of para-hydroxylation sites is 1. The van der Waals surface area contributed by atoms with Crippen LogP contribution in [0.3, 0.4) is 0 Å². The zero-order chi connectivity index (χ0) is 16.1. The summed E-state index contributed by atoms with van der Waals surface area (Å²) < 4.78 is 12.1. The van der Waals surface area contributed by atoms with E-state index in [0.29, 0.717) is 12.7 Å². The molecule has 2 aromatic rings. The second-order valence-electron chi connectivity index (χ2n) is 6.25. The standard InChI is InChI=1S/C20H25NO2/c1-15(2)23-20-10-6-5-9-19(20)18-8-4-3-7-16(18)14-22-17-11-12-21-13-17/h3-10,15,17,21H,11-14H2,1-2H3/t17-/m0/s1. The number of benzene rings is 2. The minimum atomic E-state index is 0.157. The zero-order valence-electron chi connectivity index (χ0n) is 13.9. The Morgan fingerprint density at radius 1 is 1.04 bits per heavy atom. The normalized spacial score (nSPS) is 17.6. The van der Waals surface area contributed by atoms with Crippen LogP contribution in [0.2, 0.25) is 0 Å². The van der Waals surface area contributed by atoms with Gasteiger partial charge in [0.1, 0.15) is 5.75 Å². The van der Waals surface area contributed by atoms with E-state index in [0.717, 1.165) is 30.8 Å². The Bertz CT molecular complexity index is 633. The van der Waals surface area contributed by atoms with Gasteiger partial charge in [-0.15, -0.1) is 0 Å². The SMILES string of the molecule is CC(C)Oc1ccccc1-c1ccccc1CO[C@H]1CCNC1. The molecule has 0 aromatic heterocycles. The van der Waals surface area contributed by atoms with E-state index >= 15 is 0 Å². The molecule has 0 bridgehead atoms. The molecule has 0 aliphatic carbocycles. The molecule has 0 saturated carbocycles. The smallest absolute Gasteiger partial charge is 0.127 e. The van der Waals surface area contributed by atoms with E-state index in [-0.39, 0.29) is 6.10 Å². The van der Waals surface area contributed by atoms with E-state index in [1.807, 2.05) is 12.1 Å². The maximum Gasteiger partial charge on any atom is 0.127 e. The van der Waals surface area contributed by atoms with Gasteiger partial charge in [-0.1, -0.05) is 42.5 Å². The highest BCUT2D eigenvalue weighted by atomic mass is 16.5.